The maximum absolute atomic E-state index is 12.5. The summed E-state index contributed by atoms with van der Waals surface area (Å²) in [5.41, 5.74) is 2.28. The van der Waals surface area contributed by atoms with Crippen molar-refractivity contribution in [3.05, 3.63) is 58.6 Å². The van der Waals surface area contributed by atoms with Crippen LogP contribution in [0.15, 0.2) is 42.5 Å². The van der Waals surface area contributed by atoms with Crippen LogP contribution in [0, 0.1) is 5.92 Å². The van der Waals surface area contributed by atoms with Crippen LogP contribution in [0.2, 0.25) is 5.02 Å². The summed E-state index contributed by atoms with van der Waals surface area (Å²) in [5.74, 6) is 0.0793. The van der Waals surface area contributed by atoms with Crippen molar-refractivity contribution in [2.45, 2.75) is 32.2 Å². The highest BCUT2D eigenvalue weighted by Crippen LogP contribution is 2.28. The zero-order valence-electron chi connectivity index (χ0n) is 15.2. The number of hydrogen-bond donors (Lipinski definition) is 2. The Morgan fingerprint density at radius 3 is 2.61 bits per heavy atom. The van der Waals surface area contributed by atoms with Crippen LogP contribution in [0.25, 0.3) is 10.2 Å². The van der Waals surface area contributed by atoms with Gasteiger partial charge in [-0.05, 0) is 48.7 Å². The molecular weight excluding hydrogens is 394 g/mol. The molecule has 28 heavy (non-hydrogen) atoms. The number of halogens is 1. The van der Waals surface area contributed by atoms with Crippen LogP contribution in [0.4, 0.5) is 5.13 Å². The average Bonchev–Trinajstić information content (AvgIpc) is 3.35. The van der Waals surface area contributed by atoms with Crippen LogP contribution in [-0.4, -0.2) is 16.8 Å². The summed E-state index contributed by atoms with van der Waals surface area (Å²) >= 11 is 7.38. The van der Waals surface area contributed by atoms with E-state index in [2.05, 4.69) is 15.6 Å². The summed E-state index contributed by atoms with van der Waals surface area (Å²) in [6.07, 6.45) is 4.26. The molecule has 2 aromatic carbocycles. The van der Waals surface area contributed by atoms with E-state index in [4.69, 9.17) is 11.6 Å². The monoisotopic (exact) mass is 413 g/mol. The largest absolute Gasteiger partial charge is 0.352 e. The Hall–Kier alpha value is -2.44. The molecule has 1 aliphatic carbocycles. The predicted molar refractivity (Wildman–Crippen MR) is 113 cm³/mol. The fourth-order valence-corrected chi connectivity index (χ4v) is 4.43. The molecule has 4 rings (SSSR count). The van der Waals surface area contributed by atoms with Gasteiger partial charge < -0.3 is 5.32 Å². The summed E-state index contributed by atoms with van der Waals surface area (Å²) in [4.78, 5) is 29.0. The number of benzene rings is 2. The number of nitrogens with one attached hydrogen (secondary N) is 2. The number of aromatic nitrogens is 1. The van der Waals surface area contributed by atoms with Gasteiger partial charge in [0.15, 0.2) is 5.13 Å². The molecule has 1 fully saturated rings. The number of nitrogens with zero attached hydrogens (tertiary/aromatic N) is 1. The Kier molecular flexibility index (Phi) is 5.59. The Balaban J connectivity index is 1.35. The second-order valence-electron chi connectivity index (χ2n) is 6.98. The molecule has 0 aliphatic heterocycles. The minimum atomic E-state index is -0.216. The van der Waals surface area contributed by atoms with Crippen molar-refractivity contribution in [2.75, 3.05) is 5.32 Å². The third kappa shape index (κ3) is 4.34. The Bertz CT molecular complexity index is 1010. The van der Waals surface area contributed by atoms with Gasteiger partial charge >= 0.3 is 0 Å². The summed E-state index contributed by atoms with van der Waals surface area (Å²) in [5, 5.41) is 6.97. The summed E-state index contributed by atoms with van der Waals surface area (Å²) in [7, 11) is 0. The first kappa shape index (κ1) is 18.9. The molecule has 5 nitrogen and oxygen atoms in total. The zero-order valence-corrected chi connectivity index (χ0v) is 16.8. The second-order valence-corrected chi connectivity index (χ2v) is 8.45. The van der Waals surface area contributed by atoms with Crippen LogP contribution in [0.5, 0.6) is 0 Å². The summed E-state index contributed by atoms with van der Waals surface area (Å²) in [6.45, 7) is 0.482. The lowest BCUT2D eigenvalue weighted by atomic mass is 10.1. The third-order valence-electron chi connectivity index (χ3n) is 4.98. The number of carbonyl (C=O) groups excluding carboxylic acids is 2. The number of amides is 2. The summed E-state index contributed by atoms with van der Waals surface area (Å²) < 4.78 is 0.966. The predicted octanol–water partition coefficient (Wildman–Crippen LogP) is 5.01. The molecule has 2 amide bonds. The number of hydrogen-bond acceptors (Lipinski definition) is 4. The van der Waals surface area contributed by atoms with E-state index < -0.39 is 0 Å². The topological polar surface area (TPSA) is 71.1 Å². The molecule has 0 saturated heterocycles. The number of thiazole rings is 1. The fourth-order valence-electron chi connectivity index (χ4n) is 3.42. The Morgan fingerprint density at radius 2 is 1.86 bits per heavy atom. The van der Waals surface area contributed by atoms with Crippen LogP contribution in [0.1, 0.15) is 41.6 Å². The van der Waals surface area contributed by atoms with E-state index in [0.717, 1.165) is 41.5 Å². The van der Waals surface area contributed by atoms with E-state index in [1.807, 2.05) is 18.2 Å². The number of rotatable bonds is 5. The standard InChI is InChI=1S/C21H20ClN3O2S/c22-16-9-10-18-17(11-16)24-21(28-18)25-20(27)15-7-5-13(6-8-15)12-23-19(26)14-3-1-2-4-14/h5-11,14H,1-4,12H2,(H,23,26)(H,24,25,27). The molecule has 0 unspecified atom stereocenters. The van der Waals surface area contributed by atoms with Crippen LogP contribution in [0.3, 0.4) is 0 Å². The molecule has 0 radical (unpaired) electrons. The first-order chi connectivity index (χ1) is 13.6. The van der Waals surface area contributed by atoms with Gasteiger partial charge in [0, 0.05) is 23.0 Å². The highest BCUT2D eigenvalue weighted by Gasteiger charge is 2.22. The molecule has 1 aliphatic rings. The van der Waals surface area contributed by atoms with Gasteiger partial charge in [-0.15, -0.1) is 0 Å². The minimum Gasteiger partial charge on any atom is -0.352 e. The molecule has 2 N–H and O–H groups in total. The highest BCUT2D eigenvalue weighted by atomic mass is 35.5. The van der Waals surface area contributed by atoms with Crippen LogP contribution < -0.4 is 10.6 Å². The fraction of sp³-hybridized carbons (Fsp3) is 0.286. The molecule has 1 aromatic heterocycles. The first-order valence-corrected chi connectivity index (χ1v) is 10.5. The molecule has 144 valence electrons. The lowest BCUT2D eigenvalue weighted by molar-refractivity contribution is -0.124. The van der Waals surface area contributed by atoms with Crippen molar-refractivity contribution in [1.82, 2.24) is 10.3 Å². The maximum atomic E-state index is 12.5. The minimum absolute atomic E-state index is 0.134. The van der Waals surface area contributed by atoms with Gasteiger partial charge in [0.1, 0.15) is 0 Å². The molecule has 0 spiro atoms. The van der Waals surface area contributed by atoms with Crippen molar-refractivity contribution in [1.29, 1.82) is 0 Å². The van der Waals surface area contributed by atoms with E-state index in [9.17, 15) is 9.59 Å². The van der Waals surface area contributed by atoms with Gasteiger partial charge in [-0.25, -0.2) is 4.98 Å². The van der Waals surface area contributed by atoms with Crippen molar-refractivity contribution < 1.29 is 9.59 Å². The van der Waals surface area contributed by atoms with Gasteiger partial charge in [0.2, 0.25) is 5.91 Å². The molecule has 0 bridgehead atoms. The van der Waals surface area contributed by atoms with Gasteiger partial charge in [-0.2, -0.15) is 0 Å². The van der Waals surface area contributed by atoms with E-state index in [0.29, 0.717) is 22.3 Å². The third-order valence-corrected chi connectivity index (χ3v) is 6.17. The zero-order chi connectivity index (χ0) is 19.5. The smallest absolute Gasteiger partial charge is 0.257 e. The molecule has 0 atom stereocenters. The lowest BCUT2D eigenvalue weighted by Crippen LogP contribution is -2.28. The maximum Gasteiger partial charge on any atom is 0.257 e. The van der Waals surface area contributed by atoms with Crippen LogP contribution in [-0.2, 0) is 11.3 Å². The molecule has 1 heterocycles. The Labute approximate surface area is 172 Å². The normalized spacial score (nSPS) is 14.3. The first-order valence-electron chi connectivity index (χ1n) is 9.32. The molecule has 3 aromatic rings. The van der Waals surface area contributed by atoms with E-state index in [1.54, 1.807) is 24.3 Å². The highest BCUT2D eigenvalue weighted by molar-refractivity contribution is 7.22. The van der Waals surface area contributed by atoms with Crippen molar-refractivity contribution in [2.24, 2.45) is 5.92 Å². The van der Waals surface area contributed by atoms with Crippen molar-refractivity contribution in [3.8, 4) is 0 Å². The second kappa shape index (κ2) is 8.29. The number of anilines is 1. The number of fused-ring (bicyclic) bond motifs is 1. The lowest BCUT2D eigenvalue weighted by Gasteiger charge is -2.10. The van der Waals surface area contributed by atoms with Gasteiger partial charge in [-0.1, -0.05) is 47.9 Å². The Morgan fingerprint density at radius 1 is 1.11 bits per heavy atom. The quantitative estimate of drug-likeness (QED) is 0.617. The SMILES string of the molecule is O=C(Nc1nc2cc(Cl)ccc2s1)c1ccc(CNC(=O)C2CCCC2)cc1. The van der Waals surface area contributed by atoms with Crippen LogP contribution >= 0.6 is 22.9 Å². The van der Waals surface area contributed by atoms with Crippen molar-refractivity contribution >= 4 is 50.1 Å². The van der Waals surface area contributed by atoms with E-state index in [1.165, 1.54) is 11.3 Å². The van der Waals surface area contributed by atoms with E-state index in [-0.39, 0.29) is 17.7 Å². The van der Waals surface area contributed by atoms with Gasteiger partial charge in [0.05, 0.1) is 10.2 Å². The van der Waals surface area contributed by atoms with Gasteiger partial charge in [0.25, 0.3) is 5.91 Å². The van der Waals surface area contributed by atoms with E-state index >= 15 is 0 Å². The van der Waals surface area contributed by atoms with Gasteiger partial charge in [-0.3, -0.25) is 14.9 Å². The number of carbonyl (C=O) groups is 2. The summed E-state index contributed by atoms with van der Waals surface area (Å²) in [6, 6.07) is 12.7. The average molecular weight is 414 g/mol. The van der Waals surface area contributed by atoms with Crippen molar-refractivity contribution in [3.63, 3.8) is 0 Å². The molecule has 1 saturated carbocycles. The molecular formula is C21H20ClN3O2S. The molecule has 7 heteroatoms.